The SMILES string of the molecule is CCCSc1nc(N)c2ncn([C@H]3C(O)[C@@H](O)[C@]4(CO)C[C@H]34)c2n1. The maximum Gasteiger partial charge on any atom is 0.191 e. The minimum atomic E-state index is -0.962. The van der Waals surface area contributed by atoms with Crippen molar-refractivity contribution in [3.05, 3.63) is 6.33 Å². The maximum atomic E-state index is 10.5. The Labute approximate surface area is 143 Å². The second-order valence-corrected chi connectivity index (χ2v) is 7.75. The summed E-state index contributed by atoms with van der Waals surface area (Å²) >= 11 is 1.53. The normalized spacial score (nSPS) is 34.7. The Morgan fingerprint density at radius 1 is 1.42 bits per heavy atom. The molecule has 4 rings (SSSR count). The van der Waals surface area contributed by atoms with Gasteiger partial charge in [-0.3, -0.25) is 0 Å². The van der Waals surface area contributed by atoms with E-state index in [0.29, 0.717) is 28.6 Å². The smallest absolute Gasteiger partial charge is 0.191 e. The summed E-state index contributed by atoms with van der Waals surface area (Å²) in [5.74, 6) is 1.21. The predicted molar refractivity (Wildman–Crippen MR) is 89.4 cm³/mol. The van der Waals surface area contributed by atoms with Crippen LogP contribution in [0.1, 0.15) is 25.8 Å². The van der Waals surface area contributed by atoms with Crippen LogP contribution in [0.25, 0.3) is 11.2 Å². The number of hydrogen-bond acceptors (Lipinski definition) is 8. The molecule has 0 saturated heterocycles. The maximum absolute atomic E-state index is 10.5. The van der Waals surface area contributed by atoms with Gasteiger partial charge in [0.05, 0.1) is 25.1 Å². The van der Waals surface area contributed by atoms with E-state index in [4.69, 9.17) is 5.73 Å². The van der Waals surface area contributed by atoms with Gasteiger partial charge in [-0.1, -0.05) is 18.7 Å². The molecule has 2 aliphatic carbocycles. The van der Waals surface area contributed by atoms with Crippen LogP contribution in [0.15, 0.2) is 11.5 Å². The summed E-state index contributed by atoms with van der Waals surface area (Å²) in [6.07, 6.45) is 1.37. The molecule has 5 atom stereocenters. The molecule has 2 saturated carbocycles. The van der Waals surface area contributed by atoms with Crippen LogP contribution in [-0.4, -0.2) is 59.4 Å². The summed E-state index contributed by atoms with van der Waals surface area (Å²) in [4.78, 5) is 13.1. The number of nitrogen functional groups attached to an aromatic ring is 1. The molecule has 2 aromatic heterocycles. The summed E-state index contributed by atoms with van der Waals surface area (Å²) in [6, 6.07) is -0.365. The number of anilines is 1. The monoisotopic (exact) mass is 351 g/mol. The summed E-state index contributed by atoms with van der Waals surface area (Å²) < 4.78 is 1.78. The number of aromatic nitrogens is 4. The van der Waals surface area contributed by atoms with E-state index in [9.17, 15) is 15.3 Å². The first-order valence-electron chi connectivity index (χ1n) is 8.13. The third kappa shape index (κ3) is 2.08. The topological polar surface area (TPSA) is 130 Å². The van der Waals surface area contributed by atoms with E-state index < -0.39 is 17.6 Å². The molecule has 5 N–H and O–H groups in total. The lowest BCUT2D eigenvalue weighted by Gasteiger charge is -2.23. The van der Waals surface area contributed by atoms with Gasteiger partial charge in [-0.25, -0.2) is 15.0 Å². The Morgan fingerprint density at radius 3 is 2.88 bits per heavy atom. The zero-order chi connectivity index (χ0) is 17.1. The average molecular weight is 351 g/mol. The zero-order valence-electron chi connectivity index (χ0n) is 13.3. The second-order valence-electron chi connectivity index (χ2n) is 6.69. The molecule has 0 radical (unpaired) electrons. The van der Waals surface area contributed by atoms with Crippen LogP contribution in [-0.2, 0) is 0 Å². The van der Waals surface area contributed by atoms with Crippen molar-refractivity contribution in [3.63, 3.8) is 0 Å². The highest BCUT2D eigenvalue weighted by Crippen LogP contribution is 2.67. The Bertz CT molecular complexity index is 784. The number of nitrogens with zero attached hydrogens (tertiary/aromatic N) is 4. The number of rotatable bonds is 5. The first kappa shape index (κ1) is 16.1. The van der Waals surface area contributed by atoms with Crippen molar-refractivity contribution < 1.29 is 15.3 Å². The molecule has 8 nitrogen and oxygen atoms in total. The fourth-order valence-electron chi connectivity index (χ4n) is 3.94. The highest BCUT2D eigenvalue weighted by molar-refractivity contribution is 7.99. The number of nitrogens with two attached hydrogens (primary N) is 1. The lowest BCUT2D eigenvalue weighted by atomic mass is 10.0. The Balaban J connectivity index is 1.76. The second kappa shape index (κ2) is 5.55. The first-order valence-corrected chi connectivity index (χ1v) is 9.12. The van der Waals surface area contributed by atoms with E-state index in [-0.39, 0.29) is 18.6 Å². The van der Waals surface area contributed by atoms with Gasteiger partial charge in [0.2, 0.25) is 0 Å². The summed E-state index contributed by atoms with van der Waals surface area (Å²) in [6.45, 7) is 1.95. The minimum Gasteiger partial charge on any atom is -0.396 e. The van der Waals surface area contributed by atoms with E-state index >= 15 is 0 Å². The third-order valence-corrected chi connectivity index (χ3v) is 6.38. The molecule has 24 heavy (non-hydrogen) atoms. The van der Waals surface area contributed by atoms with Gasteiger partial charge in [0.15, 0.2) is 16.6 Å². The molecule has 2 aromatic rings. The van der Waals surface area contributed by atoms with E-state index in [1.54, 1.807) is 10.9 Å². The van der Waals surface area contributed by atoms with Gasteiger partial charge in [-0.2, -0.15) is 0 Å². The van der Waals surface area contributed by atoms with Gasteiger partial charge in [0.25, 0.3) is 0 Å². The number of imidazole rings is 1. The van der Waals surface area contributed by atoms with Crippen molar-refractivity contribution in [2.24, 2.45) is 11.3 Å². The molecule has 0 spiro atoms. The lowest BCUT2D eigenvalue weighted by molar-refractivity contribution is -0.0300. The molecule has 0 amide bonds. The van der Waals surface area contributed by atoms with Crippen molar-refractivity contribution in [1.29, 1.82) is 0 Å². The van der Waals surface area contributed by atoms with Crippen LogP contribution < -0.4 is 5.73 Å². The molecular weight excluding hydrogens is 330 g/mol. The van der Waals surface area contributed by atoms with Crippen LogP contribution in [0.5, 0.6) is 0 Å². The quantitative estimate of drug-likeness (QED) is 0.443. The molecule has 9 heteroatoms. The van der Waals surface area contributed by atoms with Crippen LogP contribution >= 0.6 is 11.8 Å². The molecule has 2 heterocycles. The number of aliphatic hydroxyl groups excluding tert-OH is 3. The molecular formula is C15H21N5O3S. The molecule has 1 unspecified atom stereocenters. The number of aliphatic hydroxyl groups is 3. The van der Waals surface area contributed by atoms with Gasteiger partial charge in [-0.15, -0.1) is 0 Å². The van der Waals surface area contributed by atoms with Gasteiger partial charge in [0, 0.05) is 11.2 Å². The molecule has 130 valence electrons. The standard InChI is InChI=1S/C15H21N5O3S/c1-2-3-24-14-18-12(16)8-13(19-14)20(6-17-8)9-7-4-15(7,5-21)11(23)10(9)22/h6-7,9-11,21-23H,2-5H2,1H3,(H2,16,18,19)/t7-,9-,10?,11-,15+/m1/s1. The van der Waals surface area contributed by atoms with Crippen LogP contribution in [0, 0.1) is 11.3 Å². The Morgan fingerprint density at radius 2 is 2.21 bits per heavy atom. The van der Waals surface area contributed by atoms with Gasteiger partial charge < -0.3 is 25.6 Å². The van der Waals surface area contributed by atoms with E-state index in [1.165, 1.54) is 11.8 Å². The van der Waals surface area contributed by atoms with Gasteiger partial charge in [-0.05, 0) is 18.8 Å². The van der Waals surface area contributed by atoms with E-state index in [1.807, 2.05) is 0 Å². The highest BCUT2D eigenvalue weighted by atomic mass is 32.2. The first-order chi connectivity index (χ1) is 11.5. The average Bonchev–Trinajstić information content (AvgIpc) is 3.09. The third-order valence-electron chi connectivity index (χ3n) is 5.33. The molecule has 2 aliphatic rings. The van der Waals surface area contributed by atoms with Crippen LogP contribution in [0.3, 0.4) is 0 Å². The number of hydrogen-bond donors (Lipinski definition) is 4. The van der Waals surface area contributed by atoms with Crippen molar-refractivity contribution in [2.45, 2.75) is 43.2 Å². The van der Waals surface area contributed by atoms with E-state index in [2.05, 4.69) is 21.9 Å². The van der Waals surface area contributed by atoms with Crippen molar-refractivity contribution >= 4 is 28.7 Å². The molecule has 0 aromatic carbocycles. The van der Waals surface area contributed by atoms with E-state index in [0.717, 1.165) is 12.2 Å². The van der Waals surface area contributed by atoms with Gasteiger partial charge in [0.1, 0.15) is 11.6 Å². The van der Waals surface area contributed by atoms with Crippen molar-refractivity contribution in [3.8, 4) is 0 Å². The van der Waals surface area contributed by atoms with Crippen molar-refractivity contribution in [2.75, 3.05) is 18.1 Å². The minimum absolute atomic E-state index is 0.00725. The fourth-order valence-corrected chi connectivity index (χ4v) is 4.64. The molecule has 0 aliphatic heterocycles. The Kier molecular flexibility index (Phi) is 3.72. The highest BCUT2D eigenvalue weighted by Gasteiger charge is 2.71. The predicted octanol–water partition coefficient (Wildman–Crippen LogP) is 0.186. The fraction of sp³-hybridized carbons (Fsp3) is 0.667. The van der Waals surface area contributed by atoms with Crippen LogP contribution in [0.2, 0.25) is 0 Å². The summed E-state index contributed by atoms with van der Waals surface area (Å²) in [5.41, 5.74) is 6.48. The molecule has 2 fully saturated rings. The largest absolute Gasteiger partial charge is 0.396 e. The number of thioether (sulfide) groups is 1. The summed E-state index contributed by atoms with van der Waals surface area (Å²) in [7, 11) is 0. The van der Waals surface area contributed by atoms with Crippen molar-refractivity contribution in [1.82, 2.24) is 19.5 Å². The Hall–Kier alpha value is -1.42. The molecule has 0 bridgehead atoms. The van der Waals surface area contributed by atoms with Gasteiger partial charge >= 0.3 is 0 Å². The van der Waals surface area contributed by atoms with Crippen LogP contribution in [0.4, 0.5) is 5.82 Å². The summed E-state index contributed by atoms with van der Waals surface area (Å²) in [5, 5.41) is 31.0. The lowest BCUT2D eigenvalue weighted by Crippen LogP contribution is -2.35. The zero-order valence-corrected chi connectivity index (χ0v) is 14.1. The number of fused-ring (bicyclic) bond motifs is 2.